The first kappa shape index (κ1) is 15.7. The second kappa shape index (κ2) is 6.71. The Kier molecular flexibility index (Phi) is 5.55. The molecule has 106 valence electrons. The average Bonchev–Trinajstić information content (AvgIpc) is 2.36. The lowest BCUT2D eigenvalue weighted by molar-refractivity contribution is -0.122. The molecule has 0 aromatic heterocycles. The smallest absolute Gasteiger partial charge is 0.236 e. The monoisotopic (exact) mass is 262 g/mol. The second-order valence-corrected chi connectivity index (χ2v) is 6.20. The summed E-state index contributed by atoms with van der Waals surface area (Å²) in [5.41, 5.74) is 7.00. The molecule has 0 fully saturated rings. The standard InChI is InChI=1S/C16H26N2O/c1-12(2)10-14(17)15(19)18-11-16(3,4)13-8-6-5-7-9-13/h5-9,12,14H,10-11,17H2,1-4H3,(H,18,19)/t14-/m0/s1. The van der Waals surface area contributed by atoms with Crippen molar-refractivity contribution in [2.24, 2.45) is 11.7 Å². The number of hydrogen-bond acceptors (Lipinski definition) is 2. The van der Waals surface area contributed by atoms with Gasteiger partial charge in [0, 0.05) is 12.0 Å². The van der Waals surface area contributed by atoms with E-state index in [0.29, 0.717) is 12.5 Å². The van der Waals surface area contributed by atoms with E-state index in [1.807, 2.05) is 18.2 Å². The van der Waals surface area contributed by atoms with E-state index in [0.717, 1.165) is 6.42 Å². The molecule has 0 spiro atoms. The molecule has 0 aliphatic carbocycles. The van der Waals surface area contributed by atoms with Gasteiger partial charge in [0.25, 0.3) is 0 Å². The summed E-state index contributed by atoms with van der Waals surface area (Å²) in [6.07, 6.45) is 0.720. The molecule has 0 saturated carbocycles. The summed E-state index contributed by atoms with van der Waals surface area (Å²) in [6.45, 7) is 8.98. The number of nitrogens with one attached hydrogen (secondary N) is 1. The molecule has 0 unspecified atom stereocenters. The van der Waals surface area contributed by atoms with Crippen LogP contribution in [0.1, 0.15) is 39.7 Å². The van der Waals surface area contributed by atoms with Crippen molar-refractivity contribution in [3.05, 3.63) is 35.9 Å². The van der Waals surface area contributed by atoms with Crippen LogP contribution in [0.5, 0.6) is 0 Å². The summed E-state index contributed by atoms with van der Waals surface area (Å²) in [7, 11) is 0. The molecule has 3 N–H and O–H groups in total. The molecule has 0 radical (unpaired) electrons. The summed E-state index contributed by atoms with van der Waals surface area (Å²) in [5.74, 6) is 0.376. The molecule has 0 heterocycles. The first-order chi connectivity index (χ1) is 8.83. The van der Waals surface area contributed by atoms with Crippen LogP contribution in [0.4, 0.5) is 0 Å². The highest BCUT2D eigenvalue weighted by atomic mass is 16.2. The lowest BCUT2D eigenvalue weighted by atomic mass is 9.84. The second-order valence-electron chi connectivity index (χ2n) is 6.20. The largest absolute Gasteiger partial charge is 0.354 e. The highest BCUT2D eigenvalue weighted by Crippen LogP contribution is 2.21. The predicted molar refractivity (Wildman–Crippen MR) is 79.9 cm³/mol. The van der Waals surface area contributed by atoms with Gasteiger partial charge in [-0.2, -0.15) is 0 Å². The van der Waals surface area contributed by atoms with Gasteiger partial charge in [-0.15, -0.1) is 0 Å². The number of benzene rings is 1. The molecular weight excluding hydrogens is 236 g/mol. The van der Waals surface area contributed by atoms with Crippen LogP contribution in [-0.2, 0) is 10.2 Å². The van der Waals surface area contributed by atoms with E-state index in [1.165, 1.54) is 5.56 Å². The Morgan fingerprint density at radius 3 is 2.37 bits per heavy atom. The number of carbonyl (C=O) groups is 1. The van der Waals surface area contributed by atoms with Crippen molar-refractivity contribution in [1.29, 1.82) is 0 Å². The van der Waals surface area contributed by atoms with Crippen molar-refractivity contribution < 1.29 is 4.79 Å². The molecule has 1 rings (SSSR count). The van der Waals surface area contributed by atoms with E-state index in [1.54, 1.807) is 0 Å². The van der Waals surface area contributed by atoms with Gasteiger partial charge >= 0.3 is 0 Å². The van der Waals surface area contributed by atoms with Crippen LogP contribution in [-0.4, -0.2) is 18.5 Å². The van der Waals surface area contributed by atoms with Gasteiger partial charge in [0.2, 0.25) is 5.91 Å². The SMILES string of the molecule is CC(C)C[C@H](N)C(=O)NCC(C)(C)c1ccccc1. The average molecular weight is 262 g/mol. The fourth-order valence-electron chi connectivity index (χ4n) is 2.05. The third-order valence-electron chi connectivity index (χ3n) is 3.32. The number of nitrogens with two attached hydrogens (primary N) is 1. The van der Waals surface area contributed by atoms with E-state index >= 15 is 0 Å². The summed E-state index contributed by atoms with van der Waals surface area (Å²) < 4.78 is 0. The van der Waals surface area contributed by atoms with Gasteiger partial charge in [-0.3, -0.25) is 4.79 Å². The zero-order chi connectivity index (χ0) is 14.5. The van der Waals surface area contributed by atoms with Crippen molar-refractivity contribution in [2.45, 2.75) is 45.6 Å². The molecule has 19 heavy (non-hydrogen) atoms. The fourth-order valence-corrected chi connectivity index (χ4v) is 2.05. The lowest BCUT2D eigenvalue weighted by Gasteiger charge is -2.26. The Hall–Kier alpha value is -1.35. The van der Waals surface area contributed by atoms with E-state index < -0.39 is 6.04 Å². The lowest BCUT2D eigenvalue weighted by Crippen LogP contribution is -2.45. The van der Waals surface area contributed by atoms with Crippen molar-refractivity contribution in [2.75, 3.05) is 6.54 Å². The Morgan fingerprint density at radius 1 is 1.26 bits per heavy atom. The number of rotatable bonds is 6. The molecule has 1 aromatic carbocycles. The van der Waals surface area contributed by atoms with Crippen LogP contribution in [0, 0.1) is 5.92 Å². The molecule has 3 nitrogen and oxygen atoms in total. The van der Waals surface area contributed by atoms with Gasteiger partial charge < -0.3 is 11.1 Å². The van der Waals surface area contributed by atoms with Gasteiger partial charge in [0.1, 0.15) is 0 Å². The molecule has 0 aliphatic rings. The van der Waals surface area contributed by atoms with Gasteiger partial charge in [0.05, 0.1) is 6.04 Å². The van der Waals surface area contributed by atoms with Crippen LogP contribution >= 0.6 is 0 Å². The third kappa shape index (κ3) is 5.03. The summed E-state index contributed by atoms with van der Waals surface area (Å²) in [4.78, 5) is 11.9. The highest BCUT2D eigenvalue weighted by Gasteiger charge is 2.23. The molecule has 0 saturated heterocycles. The van der Waals surface area contributed by atoms with Gasteiger partial charge in [-0.05, 0) is 17.9 Å². The van der Waals surface area contributed by atoms with Crippen LogP contribution in [0.3, 0.4) is 0 Å². The zero-order valence-corrected chi connectivity index (χ0v) is 12.4. The molecular formula is C16H26N2O. The Labute approximate surface area is 116 Å². The quantitative estimate of drug-likeness (QED) is 0.827. The molecule has 1 atom stereocenters. The first-order valence-corrected chi connectivity index (χ1v) is 6.92. The molecule has 3 heteroatoms. The minimum absolute atomic E-state index is 0.0577. The van der Waals surface area contributed by atoms with E-state index in [9.17, 15) is 4.79 Å². The topological polar surface area (TPSA) is 55.1 Å². The molecule has 1 amide bonds. The maximum absolute atomic E-state index is 11.9. The Balaban J connectivity index is 2.54. The first-order valence-electron chi connectivity index (χ1n) is 6.92. The predicted octanol–water partition coefficient (Wildman–Crippen LogP) is 2.45. The minimum atomic E-state index is -0.411. The van der Waals surface area contributed by atoms with Crippen LogP contribution in [0.15, 0.2) is 30.3 Å². The van der Waals surface area contributed by atoms with E-state index in [-0.39, 0.29) is 11.3 Å². The van der Waals surface area contributed by atoms with Crippen LogP contribution in [0.2, 0.25) is 0 Å². The number of hydrogen-bond donors (Lipinski definition) is 2. The van der Waals surface area contributed by atoms with E-state index in [2.05, 4.69) is 45.1 Å². The summed E-state index contributed by atoms with van der Waals surface area (Å²) in [6, 6.07) is 9.79. The maximum atomic E-state index is 11.9. The van der Waals surface area contributed by atoms with Crippen molar-refractivity contribution in [1.82, 2.24) is 5.32 Å². The highest BCUT2D eigenvalue weighted by molar-refractivity contribution is 5.81. The van der Waals surface area contributed by atoms with Crippen LogP contribution < -0.4 is 11.1 Å². The van der Waals surface area contributed by atoms with E-state index in [4.69, 9.17) is 5.73 Å². The van der Waals surface area contributed by atoms with Crippen LogP contribution in [0.25, 0.3) is 0 Å². The minimum Gasteiger partial charge on any atom is -0.354 e. The molecule has 1 aromatic rings. The molecule has 0 aliphatic heterocycles. The van der Waals surface area contributed by atoms with Gasteiger partial charge in [-0.1, -0.05) is 58.0 Å². The van der Waals surface area contributed by atoms with Crippen molar-refractivity contribution in [3.8, 4) is 0 Å². The van der Waals surface area contributed by atoms with Gasteiger partial charge in [0.15, 0.2) is 0 Å². The fraction of sp³-hybridized carbons (Fsp3) is 0.562. The maximum Gasteiger partial charge on any atom is 0.236 e. The zero-order valence-electron chi connectivity index (χ0n) is 12.4. The van der Waals surface area contributed by atoms with Crippen molar-refractivity contribution in [3.63, 3.8) is 0 Å². The molecule has 0 bridgehead atoms. The Morgan fingerprint density at radius 2 is 1.84 bits per heavy atom. The summed E-state index contributed by atoms with van der Waals surface area (Å²) in [5, 5.41) is 2.96. The normalized spacial score (nSPS) is 13.4. The summed E-state index contributed by atoms with van der Waals surface area (Å²) >= 11 is 0. The van der Waals surface area contributed by atoms with Crippen molar-refractivity contribution >= 4 is 5.91 Å². The Bertz CT molecular complexity index is 398. The van der Waals surface area contributed by atoms with Gasteiger partial charge in [-0.25, -0.2) is 0 Å². The third-order valence-corrected chi connectivity index (χ3v) is 3.32. The number of amides is 1. The number of carbonyl (C=O) groups excluding carboxylic acids is 1.